The lowest BCUT2D eigenvalue weighted by Crippen LogP contribution is -2.31. The van der Waals surface area contributed by atoms with Crippen LogP contribution in [0.25, 0.3) is 0 Å². The smallest absolute Gasteiger partial charge is 0.0419 e. The van der Waals surface area contributed by atoms with Gasteiger partial charge in [-0.2, -0.15) is 0 Å². The number of hydrogen-bond acceptors (Lipinski definition) is 2. The van der Waals surface area contributed by atoms with Gasteiger partial charge in [0.05, 0.1) is 0 Å². The van der Waals surface area contributed by atoms with Crippen LogP contribution in [0.4, 0.5) is 11.4 Å². The van der Waals surface area contributed by atoms with E-state index in [9.17, 15) is 0 Å². The minimum atomic E-state index is 0.899. The molecular weight excluding hydrogens is 184 g/mol. The van der Waals surface area contributed by atoms with E-state index in [1.54, 1.807) is 0 Å². The Morgan fingerprint density at radius 3 is 3.00 bits per heavy atom. The van der Waals surface area contributed by atoms with Gasteiger partial charge >= 0.3 is 0 Å². The Morgan fingerprint density at radius 2 is 2.20 bits per heavy atom. The average molecular weight is 202 g/mol. The van der Waals surface area contributed by atoms with Crippen LogP contribution >= 0.6 is 0 Å². The average Bonchev–Trinajstić information content (AvgIpc) is 3.03. The quantitative estimate of drug-likeness (QED) is 0.746. The summed E-state index contributed by atoms with van der Waals surface area (Å²) in [6, 6.07) is 6.38. The molecule has 1 aliphatic carbocycles. The molecule has 80 valence electrons. The highest BCUT2D eigenvalue weighted by Gasteiger charge is 2.26. The van der Waals surface area contributed by atoms with Crippen molar-refractivity contribution in [1.82, 2.24) is 0 Å². The van der Waals surface area contributed by atoms with Crippen LogP contribution in [-0.2, 0) is 6.42 Å². The normalized spacial score (nSPS) is 20.1. The minimum Gasteiger partial charge on any atom is -0.399 e. The van der Waals surface area contributed by atoms with Crippen LogP contribution in [0.3, 0.4) is 0 Å². The van der Waals surface area contributed by atoms with Crippen molar-refractivity contribution in [3.8, 4) is 0 Å². The van der Waals surface area contributed by atoms with Crippen LogP contribution in [0.2, 0.25) is 0 Å². The zero-order valence-electron chi connectivity index (χ0n) is 9.08. The molecule has 0 unspecified atom stereocenters. The molecule has 0 radical (unpaired) electrons. The van der Waals surface area contributed by atoms with Crippen LogP contribution in [0.5, 0.6) is 0 Å². The van der Waals surface area contributed by atoms with Gasteiger partial charge < -0.3 is 10.6 Å². The molecule has 3 rings (SSSR count). The zero-order chi connectivity index (χ0) is 10.3. The third-order valence-corrected chi connectivity index (χ3v) is 3.50. The third-order valence-electron chi connectivity index (χ3n) is 3.50. The number of rotatable bonds is 2. The first-order valence-electron chi connectivity index (χ1n) is 5.96. The van der Waals surface area contributed by atoms with Crippen LogP contribution in [0.1, 0.15) is 24.8 Å². The summed E-state index contributed by atoms with van der Waals surface area (Å²) in [6.45, 7) is 2.46. The summed E-state index contributed by atoms with van der Waals surface area (Å²) >= 11 is 0. The van der Waals surface area contributed by atoms with Gasteiger partial charge in [-0.15, -0.1) is 0 Å². The van der Waals surface area contributed by atoms with Gasteiger partial charge in [0, 0.05) is 24.5 Å². The van der Waals surface area contributed by atoms with Crippen molar-refractivity contribution in [3.63, 3.8) is 0 Å². The summed E-state index contributed by atoms with van der Waals surface area (Å²) in [5.74, 6) is 0.956. The standard InChI is InChI=1S/C13H18N2/c14-12-6-5-11-2-1-7-15(13(11)8-12)9-10-3-4-10/h5-6,8,10H,1-4,7,9,14H2. The molecule has 1 aromatic rings. The fourth-order valence-corrected chi connectivity index (χ4v) is 2.47. The molecule has 0 atom stereocenters. The van der Waals surface area contributed by atoms with Gasteiger partial charge in [0.25, 0.3) is 0 Å². The molecule has 0 amide bonds. The van der Waals surface area contributed by atoms with Gasteiger partial charge in [-0.25, -0.2) is 0 Å². The van der Waals surface area contributed by atoms with E-state index in [4.69, 9.17) is 5.73 Å². The monoisotopic (exact) mass is 202 g/mol. The highest BCUT2D eigenvalue weighted by molar-refractivity contribution is 5.62. The van der Waals surface area contributed by atoms with Crippen molar-refractivity contribution >= 4 is 11.4 Å². The predicted molar refractivity (Wildman–Crippen MR) is 64.1 cm³/mol. The number of fused-ring (bicyclic) bond motifs is 1. The second-order valence-electron chi connectivity index (χ2n) is 4.88. The maximum Gasteiger partial charge on any atom is 0.0419 e. The molecule has 0 bridgehead atoms. The maximum atomic E-state index is 5.86. The molecular formula is C13H18N2. The SMILES string of the molecule is Nc1ccc2c(c1)N(CC1CC1)CCC2. The number of benzene rings is 1. The third kappa shape index (κ3) is 1.81. The Bertz CT molecular complexity index is 369. The first-order valence-corrected chi connectivity index (χ1v) is 5.96. The number of anilines is 2. The lowest BCUT2D eigenvalue weighted by Gasteiger charge is -2.31. The van der Waals surface area contributed by atoms with E-state index in [1.165, 1.54) is 50.0 Å². The Labute approximate surface area is 91.1 Å². The first-order chi connectivity index (χ1) is 7.33. The Morgan fingerprint density at radius 1 is 1.33 bits per heavy atom. The Balaban J connectivity index is 1.89. The zero-order valence-corrected chi connectivity index (χ0v) is 9.08. The number of nitrogens with zero attached hydrogens (tertiary/aromatic N) is 1. The van der Waals surface area contributed by atoms with E-state index in [1.807, 2.05) is 6.07 Å². The molecule has 1 fully saturated rings. The van der Waals surface area contributed by atoms with Gasteiger partial charge in [0.2, 0.25) is 0 Å². The highest BCUT2D eigenvalue weighted by Crippen LogP contribution is 2.35. The number of aryl methyl sites for hydroxylation is 1. The lowest BCUT2D eigenvalue weighted by molar-refractivity contribution is 0.658. The fraction of sp³-hybridized carbons (Fsp3) is 0.538. The van der Waals surface area contributed by atoms with Gasteiger partial charge in [0.15, 0.2) is 0 Å². The highest BCUT2D eigenvalue weighted by atomic mass is 15.1. The molecule has 1 aromatic carbocycles. The second-order valence-corrected chi connectivity index (χ2v) is 4.88. The molecule has 2 N–H and O–H groups in total. The topological polar surface area (TPSA) is 29.3 Å². The summed E-state index contributed by atoms with van der Waals surface area (Å²) in [5.41, 5.74) is 9.64. The van der Waals surface area contributed by atoms with Crippen LogP contribution in [0, 0.1) is 5.92 Å². The second kappa shape index (κ2) is 3.44. The van der Waals surface area contributed by atoms with Gasteiger partial charge in [-0.1, -0.05) is 6.07 Å². The van der Waals surface area contributed by atoms with Crippen molar-refractivity contribution in [2.45, 2.75) is 25.7 Å². The number of nitrogens with two attached hydrogens (primary N) is 1. The molecule has 2 aliphatic rings. The van der Waals surface area contributed by atoms with Crippen molar-refractivity contribution in [3.05, 3.63) is 23.8 Å². The summed E-state index contributed by atoms with van der Waals surface area (Å²) in [6.07, 6.45) is 5.36. The van der Waals surface area contributed by atoms with E-state index >= 15 is 0 Å². The minimum absolute atomic E-state index is 0.899. The maximum absolute atomic E-state index is 5.86. The molecule has 1 saturated carbocycles. The molecule has 15 heavy (non-hydrogen) atoms. The van der Waals surface area contributed by atoms with Crippen molar-refractivity contribution in [1.29, 1.82) is 0 Å². The van der Waals surface area contributed by atoms with E-state index < -0.39 is 0 Å². The van der Waals surface area contributed by atoms with Gasteiger partial charge in [0.1, 0.15) is 0 Å². The van der Waals surface area contributed by atoms with Gasteiger partial charge in [-0.05, 0) is 49.3 Å². The largest absolute Gasteiger partial charge is 0.399 e. The van der Waals surface area contributed by atoms with Crippen molar-refractivity contribution in [2.24, 2.45) is 5.92 Å². The summed E-state index contributed by atoms with van der Waals surface area (Å²) in [5, 5.41) is 0. The van der Waals surface area contributed by atoms with Crippen molar-refractivity contribution in [2.75, 3.05) is 23.7 Å². The molecule has 0 spiro atoms. The fourth-order valence-electron chi connectivity index (χ4n) is 2.47. The number of hydrogen-bond donors (Lipinski definition) is 1. The van der Waals surface area contributed by atoms with E-state index in [2.05, 4.69) is 17.0 Å². The van der Waals surface area contributed by atoms with Gasteiger partial charge in [-0.3, -0.25) is 0 Å². The molecule has 0 aromatic heterocycles. The molecule has 1 aliphatic heterocycles. The van der Waals surface area contributed by atoms with Crippen LogP contribution < -0.4 is 10.6 Å². The summed E-state index contributed by atoms with van der Waals surface area (Å²) in [7, 11) is 0. The molecule has 0 saturated heterocycles. The summed E-state index contributed by atoms with van der Waals surface area (Å²) < 4.78 is 0. The van der Waals surface area contributed by atoms with Crippen molar-refractivity contribution < 1.29 is 0 Å². The number of nitrogen functional groups attached to an aromatic ring is 1. The predicted octanol–water partition coefficient (Wildman–Crippen LogP) is 2.43. The van der Waals surface area contributed by atoms with Crippen LogP contribution in [0.15, 0.2) is 18.2 Å². The van der Waals surface area contributed by atoms with E-state index in [0.29, 0.717) is 0 Å². The molecule has 2 nitrogen and oxygen atoms in total. The van der Waals surface area contributed by atoms with E-state index in [0.717, 1.165) is 11.6 Å². The molecule has 2 heteroatoms. The van der Waals surface area contributed by atoms with E-state index in [-0.39, 0.29) is 0 Å². The van der Waals surface area contributed by atoms with Crippen LogP contribution in [-0.4, -0.2) is 13.1 Å². The summed E-state index contributed by atoms with van der Waals surface area (Å²) in [4.78, 5) is 2.53. The lowest BCUT2D eigenvalue weighted by atomic mass is 10.0. The molecule has 1 heterocycles. The first kappa shape index (κ1) is 9.08. The Kier molecular flexibility index (Phi) is 2.08. The Hall–Kier alpha value is -1.18.